The van der Waals surface area contributed by atoms with E-state index in [4.69, 9.17) is 9.47 Å². The standard InChI is InChI=1S/C19H27N3O5/c1-5-26-17(24)19(21-15(4)23,18(25)27-6-2)12-14(3)13-20-22-16-10-8-7-9-11-16/h7-11,13-14,22H,5-6,12H2,1-4H3,(H,21,23)/b20-13-. The van der Waals surface area contributed by atoms with Gasteiger partial charge in [0.05, 0.1) is 18.9 Å². The van der Waals surface area contributed by atoms with Gasteiger partial charge in [0, 0.05) is 13.1 Å². The van der Waals surface area contributed by atoms with Crippen molar-refractivity contribution in [2.75, 3.05) is 18.6 Å². The molecule has 1 atom stereocenters. The van der Waals surface area contributed by atoms with Crippen LogP contribution in [0.1, 0.15) is 34.1 Å². The number of hydrogen-bond donors (Lipinski definition) is 2. The number of rotatable bonds is 10. The van der Waals surface area contributed by atoms with Crippen LogP contribution in [0.2, 0.25) is 0 Å². The zero-order chi connectivity index (χ0) is 20.3. The third-order valence-electron chi connectivity index (χ3n) is 3.56. The Bertz CT molecular complexity index is 643. The molecule has 8 heteroatoms. The molecule has 1 unspecified atom stereocenters. The largest absolute Gasteiger partial charge is 0.464 e. The lowest BCUT2D eigenvalue weighted by Gasteiger charge is -2.31. The normalized spacial score (nSPS) is 12.3. The molecule has 0 bridgehead atoms. The van der Waals surface area contributed by atoms with Gasteiger partial charge in [0.2, 0.25) is 11.4 Å². The summed E-state index contributed by atoms with van der Waals surface area (Å²) in [5.41, 5.74) is 1.74. The number of carbonyl (C=O) groups is 3. The maximum atomic E-state index is 12.5. The molecule has 0 aliphatic heterocycles. The highest BCUT2D eigenvalue weighted by atomic mass is 16.6. The molecule has 1 aromatic rings. The molecule has 8 nitrogen and oxygen atoms in total. The van der Waals surface area contributed by atoms with Crippen LogP contribution < -0.4 is 10.7 Å². The van der Waals surface area contributed by atoms with Crippen LogP contribution in [0.5, 0.6) is 0 Å². The van der Waals surface area contributed by atoms with E-state index in [1.54, 1.807) is 27.0 Å². The maximum Gasteiger partial charge on any atom is 0.343 e. The zero-order valence-electron chi connectivity index (χ0n) is 16.2. The molecule has 0 aromatic heterocycles. The monoisotopic (exact) mass is 377 g/mol. The van der Waals surface area contributed by atoms with Gasteiger partial charge in [-0.2, -0.15) is 5.10 Å². The Morgan fingerprint density at radius 3 is 2.15 bits per heavy atom. The van der Waals surface area contributed by atoms with E-state index >= 15 is 0 Å². The second-order valence-electron chi connectivity index (χ2n) is 5.96. The zero-order valence-corrected chi connectivity index (χ0v) is 16.2. The van der Waals surface area contributed by atoms with Gasteiger partial charge in [0.1, 0.15) is 0 Å². The van der Waals surface area contributed by atoms with Crippen molar-refractivity contribution in [1.82, 2.24) is 5.32 Å². The third kappa shape index (κ3) is 6.73. The summed E-state index contributed by atoms with van der Waals surface area (Å²) in [6.45, 7) is 6.37. The number of para-hydroxylation sites is 1. The molecule has 2 N–H and O–H groups in total. The molecule has 148 valence electrons. The summed E-state index contributed by atoms with van der Waals surface area (Å²) >= 11 is 0. The highest BCUT2D eigenvalue weighted by Gasteiger charge is 2.50. The fraction of sp³-hybridized carbons (Fsp3) is 0.474. The number of anilines is 1. The summed E-state index contributed by atoms with van der Waals surface area (Å²) in [5.74, 6) is -2.59. The lowest BCUT2D eigenvalue weighted by Crippen LogP contribution is -2.62. The lowest BCUT2D eigenvalue weighted by molar-refractivity contribution is -0.168. The number of benzene rings is 1. The van der Waals surface area contributed by atoms with Gasteiger partial charge in [0.15, 0.2) is 0 Å². The van der Waals surface area contributed by atoms with Crippen molar-refractivity contribution in [3.05, 3.63) is 30.3 Å². The number of nitrogens with one attached hydrogen (secondary N) is 2. The highest BCUT2D eigenvalue weighted by molar-refractivity contribution is 6.08. The van der Waals surface area contributed by atoms with Crippen LogP contribution in [0.4, 0.5) is 5.69 Å². The molecule has 1 amide bonds. The smallest absolute Gasteiger partial charge is 0.343 e. The average Bonchev–Trinajstić information content (AvgIpc) is 2.62. The molecular weight excluding hydrogens is 350 g/mol. The van der Waals surface area contributed by atoms with E-state index in [1.165, 1.54) is 6.92 Å². The van der Waals surface area contributed by atoms with E-state index in [1.807, 2.05) is 30.3 Å². The van der Waals surface area contributed by atoms with Crippen LogP contribution in [0.3, 0.4) is 0 Å². The van der Waals surface area contributed by atoms with Crippen molar-refractivity contribution in [2.24, 2.45) is 11.0 Å². The minimum atomic E-state index is -1.92. The average molecular weight is 377 g/mol. The quantitative estimate of drug-likeness (QED) is 0.280. The Labute approximate surface area is 159 Å². The minimum Gasteiger partial charge on any atom is -0.464 e. The summed E-state index contributed by atoms with van der Waals surface area (Å²) in [4.78, 5) is 36.8. The van der Waals surface area contributed by atoms with Crippen LogP contribution in [0.15, 0.2) is 35.4 Å². The predicted octanol–water partition coefficient (Wildman–Crippen LogP) is 2.11. The first-order valence-electron chi connectivity index (χ1n) is 8.83. The molecule has 0 saturated heterocycles. The van der Waals surface area contributed by atoms with E-state index < -0.39 is 23.4 Å². The first kappa shape index (κ1) is 22.1. The molecular formula is C19H27N3O5. The predicted molar refractivity (Wildman–Crippen MR) is 102 cm³/mol. The fourth-order valence-corrected chi connectivity index (χ4v) is 2.50. The topological polar surface area (TPSA) is 106 Å². The number of ether oxygens (including phenoxy) is 2. The van der Waals surface area contributed by atoms with Crippen molar-refractivity contribution >= 4 is 29.7 Å². The summed E-state index contributed by atoms with van der Waals surface area (Å²) < 4.78 is 10.1. The Kier molecular flexibility index (Phi) is 8.98. The summed E-state index contributed by atoms with van der Waals surface area (Å²) in [5, 5.41) is 6.56. The molecule has 0 aliphatic carbocycles. The number of hydrazone groups is 1. The van der Waals surface area contributed by atoms with Gasteiger partial charge in [0.25, 0.3) is 0 Å². The Balaban J connectivity index is 3.00. The van der Waals surface area contributed by atoms with Gasteiger partial charge >= 0.3 is 11.9 Å². The van der Waals surface area contributed by atoms with Gasteiger partial charge in [-0.15, -0.1) is 0 Å². The van der Waals surface area contributed by atoms with Crippen molar-refractivity contribution in [1.29, 1.82) is 0 Å². The number of carbonyl (C=O) groups excluding carboxylic acids is 3. The second kappa shape index (κ2) is 10.9. The second-order valence-corrected chi connectivity index (χ2v) is 5.96. The molecule has 0 saturated carbocycles. The third-order valence-corrected chi connectivity index (χ3v) is 3.56. The maximum absolute atomic E-state index is 12.5. The van der Waals surface area contributed by atoms with E-state index in [9.17, 15) is 14.4 Å². The number of hydrogen-bond acceptors (Lipinski definition) is 7. The fourth-order valence-electron chi connectivity index (χ4n) is 2.50. The number of amides is 1. The Morgan fingerprint density at radius 2 is 1.67 bits per heavy atom. The van der Waals surface area contributed by atoms with E-state index in [-0.39, 0.29) is 25.6 Å². The van der Waals surface area contributed by atoms with E-state index in [0.717, 1.165) is 5.69 Å². The van der Waals surface area contributed by atoms with Crippen LogP contribution >= 0.6 is 0 Å². The van der Waals surface area contributed by atoms with Gasteiger partial charge in [-0.3, -0.25) is 10.2 Å². The van der Waals surface area contributed by atoms with Crippen molar-refractivity contribution in [3.8, 4) is 0 Å². The highest BCUT2D eigenvalue weighted by Crippen LogP contribution is 2.21. The van der Waals surface area contributed by atoms with Crippen molar-refractivity contribution in [3.63, 3.8) is 0 Å². The Hall–Kier alpha value is -2.90. The van der Waals surface area contributed by atoms with Gasteiger partial charge < -0.3 is 14.8 Å². The van der Waals surface area contributed by atoms with E-state index in [0.29, 0.717) is 0 Å². The molecule has 1 rings (SSSR count). The van der Waals surface area contributed by atoms with Gasteiger partial charge in [-0.1, -0.05) is 25.1 Å². The van der Waals surface area contributed by atoms with Crippen LogP contribution in [0, 0.1) is 5.92 Å². The number of esters is 2. The van der Waals surface area contributed by atoms with Crippen LogP contribution in [0.25, 0.3) is 0 Å². The molecule has 27 heavy (non-hydrogen) atoms. The van der Waals surface area contributed by atoms with Gasteiger partial charge in [-0.05, 0) is 38.3 Å². The Morgan fingerprint density at radius 1 is 1.11 bits per heavy atom. The summed E-state index contributed by atoms with van der Waals surface area (Å²) in [6, 6.07) is 9.31. The molecule has 0 fully saturated rings. The molecule has 0 spiro atoms. The molecule has 0 radical (unpaired) electrons. The first-order chi connectivity index (χ1) is 12.9. The first-order valence-corrected chi connectivity index (χ1v) is 8.83. The minimum absolute atomic E-state index is 0.0514. The summed E-state index contributed by atoms with van der Waals surface area (Å²) in [6.07, 6.45) is 1.51. The van der Waals surface area contributed by atoms with Crippen LogP contribution in [-0.4, -0.2) is 42.8 Å². The summed E-state index contributed by atoms with van der Waals surface area (Å²) in [7, 11) is 0. The van der Waals surface area contributed by atoms with Crippen molar-refractivity contribution in [2.45, 2.75) is 39.7 Å². The van der Waals surface area contributed by atoms with E-state index in [2.05, 4.69) is 15.8 Å². The van der Waals surface area contributed by atoms with Crippen molar-refractivity contribution < 1.29 is 23.9 Å². The lowest BCUT2D eigenvalue weighted by atomic mass is 9.88. The van der Waals surface area contributed by atoms with Gasteiger partial charge in [-0.25, -0.2) is 9.59 Å². The molecule has 1 aromatic carbocycles. The number of nitrogens with zero attached hydrogens (tertiary/aromatic N) is 1. The SMILES string of the molecule is CCOC(=O)C(CC(C)/C=N\Nc1ccccc1)(NC(C)=O)C(=O)OCC. The van der Waals surface area contributed by atoms with Crippen LogP contribution in [-0.2, 0) is 23.9 Å². The molecule has 0 heterocycles. The molecule has 0 aliphatic rings.